The maximum atomic E-state index is 11.9. The van der Waals surface area contributed by atoms with Crippen molar-refractivity contribution in [3.05, 3.63) is 70.8 Å². The van der Waals surface area contributed by atoms with Crippen LogP contribution in [0.1, 0.15) is 30.8 Å². The molecule has 0 saturated carbocycles. The van der Waals surface area contributed by atoms with Gasteiger partial charge >= 0.3 is 5.97 Å². The third-order valence-electron chi connectivity index (χ3n) is 4.80. The number of benzene rings is 2. The van der Waals surface area contributed by atoms with Crippen LogP contribution in [0.3, 0.4) is 0 Å². The van der Waals surface area contributed by atoms with Crippen molar-refractivity contribution in [2.75, 3.05) is 13.7 Å². The van der Waals surface area contributed by atoms with E-state index in [0.29, 0.717) is 18.2 Å². The van der Waals surface area contributed by atoms with Crippen LogP contribution < -0.4 is 4.74 Å². The highest BCUT2D eigenvalue weighted by Gasteiger charge is 2.16. The molecule has 1 aromatic heterocycles. The summed E-state index contributed by atoms with van der Waals surface area (Å²) in [5.41, 5.74) is 3.87. The normalized spacial score (nSPS) is 11.7. The third-order valence-corrected chi connectivity index (χ3v) is 5.29. The molecule has 2 aromatic carbocycles. The molecule has 1 atom stereocenters. The zero-order valence-electron chi connectivity index (χ0n) is 16.8. The number of ether oxygens (including phenoxy) is 2. The lowest BCUT2D eigenvalue weighted by Crippen LogP contribution is -2.08. The number of hydrogen-bond acceptors (Lipinski definition) is 4. The summed E-state index contributed by atoms with van der Waals surface area (Å²) in [7, 11) is 1.35. The van der Waals surface area contributed by atoms with E-state index in [1.54, 1.807) is 6.07 Å². The van der Waals surface area contributed by atoms with Crippen LogP contribution in [-0.4, -0.2) is 24.7 Å². The van der Waals surface area contributed by atoms with E-state index in [4.69, 9.17) is 9.47 Å². The number of aromatic nitrogens is 1. The van der Waals surface area contributed by atoms with Gasteiger partial charge in [-0.25, -0.2) is 9.78 Å². The molecule has 0 saturated heterocycles. The minimum absolute atomic E-state index is 0.280. The highest BCUT2D eigenvalue weighted by molar-refractivity contribution is 9.10. The van der Waals surface area contributed by atoms with E-state index in [-0.39, 0.29) is 5.69 Å². The number of nitrogens with zero attached hydrogens (tertiary/aromatic N) is 1. The number of pyridine rings is 1. The molecule has 1 unspecified atom stereocenters. The van der Waals surface area contributed by atoms with Crippen molar-refractivity contribution in [1.82, 2.24) is 4.98 Å². The number of halogens is 1. The van der Waals surface area contributed by atoms with E-state index < -0.39 is 5.97 Å². The number of methoxy groups -OCH3 is 1. The molecule has 0 bridgehead atoms. The molecule has 0 N–H and O–H groups in total. The van der Waals surface area contributed by atoms with Crippen molar-refractivity contribution in [3.63, 3.8) is 0 Å². The fourth-order valence-electron chi connectivity index (χ4n) is 2.93. The van der Waals surface area contributed by atoms with Crippen molar-refractivity contribution in [2.24, 2.45) is 5.92 Å². The molecule has 0 aliphatic rings. The quantitative estimate of drug-likeness (QED) is 0.388. The van der Waals surface area contributed by atoms with Gasteiger partial charge in [0.2, 0.25) is 0 Å². The third kappa shape index (κ3) is 5.04. The standard InChI is InChI=1S/C24H24BrNO3/c1-4-16(2)15-29-23-13-12-17(25)14-20(23)18-8-5-6-9-19(18)21-10-7-11-22(26-21)24(27)28-3/h5-14,16H,4,15H2,1-3H3. The Labute approximate surface area is 180 Å². The van der Waals surface area contributed by atoms with Gasteiger partial charge in [-0.3, -0.25) is 0 Å². The van der Waals surface area contributed by atoms with Gasteiger partial charge in [-0.2, -0.15) is 0 Å². The Bertz CT molecular complexity index is 1000. The summed E-state index contributed by atoms with van der Waals surface area (Å²) < 4.78 is 11.9. The van der Waals surface area contributed by atoms with Gasteiger partial charge in [-0.1, -0.05) is 66.5 Å². The summed E-state index contributed by atoms with van der Waals surface area (Å²) in [6, 6.07) is 19.4. The van der Waals surface area contributed by atoms with Crippen molar-refractivity contribution < 1.29 is 14.3 Å². The van der Waals surface area contributed by atoms with Crippen LogP contribution in [0.15, 0.2) is 65.1 Å². The molecule has 150 valence electrons. The van der Waals surface area contributed by atoms with E-state index in [1.165, 1.54) is 7.11 Å². The summed E-state index contributed by atoms with van der Waals surface area (Å²) >= 11 is 3.58. The Morgan fingerprint density at radius 1 is 1.03 bits per heavy atom. The monoisotopic (exact) mass is 453 g/mol. The average Bonchev–Trinajstić information content (AvgIpc) is 2.77. The lowest BCUT2D eigenvalue weighted by molar-refractivity contribution is 0.0594. The van der Waals surface area contributed by atoms with Gasteiger partial charge in [-0.05, 0) is 41.8 Å². The molecular formula is C24H24BrNO3. The molecule has 29 heavy (non-hydrogen) atoms. The van der Waals surface area contributed by atoms with Gasteiger partial charge in [0, 0.05) is 15.6 Å². The fraction of sp³-hybridized carbons (Fsp3) is 0.250. The van der Waals surface area contributed by atoms with Gasteiger partial charge in [0.1, 0.15) is 11.4 Å². The van der Waals surface area contributed by atoms with Crippen LogP contribution in [0.25, 0.3) is 22.4 Å². The molecule has 3 aromatic rings. The highest BCUT2D eigenvalue weighted by atomic mass is 79.9. The Kier molecular flexibility index (Phi) is 7.04. The maximum Gasteiger partial charge on any atom is 0.356 e. The van der Waals surface area contributed by atoms with E-state index >= 15 is 0 Å². The Morgan fingerprint density at radius 2 is 1.79 bits per heavy atom. The van der Waals surface area contributed by atoms with Crippen LogP contribution in [0, 0.1) is 5.92 Å². The topological polar surface area (TPSA) is 48.4 Å². The Morgan fingerprint density at radius 3 is 2.52 bits per heavy atom. The largest absolute Gasteiger partial charge is 0.493 e. The summed E-state index contributed by atoms with van der Waals surface area (Å²) in [4.78, 5) is 16.4. The van der Waals surface area contributed by atoms with Crippen LogP contribution in [-0.2, 0) is 4.74 Å². The molecule has 4 nitrogen and oxygen atoms in total. The summed E-state index contributed by atoms with van der Waals surface area (Å²) in [5, 5.41) is 0. The number of hydrogen-bond donors (Lipinski definition) is 0. The van der Waals surface area contributed by atoms with E-state index in [9.17, 15) is 4.79 Å². The molecule has 0 radical (unpaired) electrons. The minimum Gasteiger partial charge on any atom is -0.493 e. The van der Waals surface area contributed by atoms with Crippen LogP contribution in [0.4, 0.5) is 0 Å². The molecule has 1 heterocycles. The Hall–Kier alpha value is -2.66. The first-order chi connectivity index (χ1) is 14.0. The predicted octanol–water partition coefficient (Wildman–Crippen LogP) is 6.39. The van der Waals surface area contributed by atoms with Gasteiger partial charge in [0.05, 0.1) is 19.4 Å². The van der Waals surface area contributed by atoms with Crippen LogP contribution in [0.5, 0.6) is 5.75 Å². The number of carbonyl (C=O) groups is 1. The van der Waals surface area contributed by atoms with E-state index in [1.807, 2.05) is 48.5 Å². The van der Waals surface area contributed by atoms with E-state index in [0.717, 1.165) is 33.3 Å². The van der Waals surface area contributed by atoms with Gasteiger partial charge in [0.15, 0.2) is 0 Å². The number of rotatable bonds is 7. The second kappa shape index (κ2) is 9.70. The summed E-state index contributed by atoms with van der Waals surface area (Å²) in [6.45, 7) is 4.99. The average molecular weight is 454 g/mol. The Balaban J connectivity index is 2.08. The maximum absolute atomic E-state index is 11.9. The number of esters is 1. The summed E-state index contributed by atoms with van der Waals surface area (Å²) in [5.74, 6) is 0.842. The smallest absolute Gasteiger partial charge is 0.356 e. The zero-order valence-corrected chi connectivity index (χ0v) is 18.4. The fourth-order valence-corrected chi connectivity index (χ4v) is 3.29. The molecule has 0 fully saturated rings. The van der Waals surface area contributed by atoms with Gasteiger partial charge in [-0.15, -0.1) is 0 Å². The molecule has 0 aliphatic heterocycles. The van der Waals surface area contributed by atoms with Crippen molar-refractivity contribution in [3.8, 4) is 28.1 Å². The molecule has 3 rings (SSSR count). The zero-order chi connectivity index (χ0) is 20.8. The SMILES string of the molecule is CCC(C)COc1ccc(Br)cc1-c1ccccc1-c1cccc(C(=O)OC)n1. The first-order valence-electron chi connectivity index (χ1n) is 9.61. The molecule has 0 aliphatic carbocycles. The first kappa shape index (κ1) is 21.1. The molecule has 0 amide bonds. The summed E-state index contributed by atoms with van der Waals surface area (Å²) in [6.07, 6.45) is 1.06. The van der Waals surface area contributed by atoms with Gasteiger partial charge in [0.25, 0.3) is 0 Å². The van der Waals surface area contributed by atoms with Crippen LogP contribution in [0.2, 0.25) is 0 Å². The highest BCUT2D eigenvalue weighted by Crippen LogP contribution is 2.38. The van der Waals surface area contributed by atoms with Crippen molar-refractivity contribution >= 4 is 21.9 Å². The lowest BCUT2D eigenvalue weighted by Gasteiger charge is -2.17. The lowest BCUT2D eigenvalue weighted by atomic mass is 9.96. The van der Waals surface area contributed by atoms with E-state index in [2.05, 4.69) is 40.8 Å². The van der Waals surface area contributed by atoms with Crippen molar-refractivity contribution in [2.45, 2.75) is 20.3 Å². The second-order valence-corrected chi connectivity index (χ2v) is 7.83. The first-order valence-corrected chi connectivity index (χ1v) is 10.4. The molecular weight excluding hydrogens is 430 g/mol. The minimum atomic E-state index is -0.454. The molecule has 5 heteroatoms. The predicted molar refractivity (Wildman–Crippen MR) is 119 cm³/mol. The van der Waals surface area contributed by atoms with Gasteiger partial charge < -0.3 is 9.47 Å². The number of carbonyl (C=O) groups excluding carboxylic acids is 1. The van der Waals surface area contributed by atoms with Crippen molar-refractivity contribution in [1.29, 1.82) is 0 Å². The molecule has 0 spiro atoms. The van der Waals surface area contributed by atoms with Crippen LogP contribution >= 0.6 is 15.9 Å². The second-order valence-electron chi connectivity index (χ2n) is 6.91.